The van der Waals surface area contributed by atoms with E-state index in [-0.39, 0.29) is 13.0 Å². The van der Waals surface area contributed by atoms with Gasteiger partial charge in [0.1, 0.15) is 5.75 Å². The molecule has 3 rings (SSSR count). The van der Waals surface area contributed by atoms with Crippen molar-refractivity contribution in [3.8, 4) is 5.75 Å². The summed E-state index contributed by atoms with van der Waals surface area (Å²) in [5, 5.41) is 21.6. The number of benzene rings is 2. The van der Waals surface area contributed by atoms with Crippen molar-refractivity contribution in [1.29, 1.82) is 0 Å². The van der Waals surface area contributed by atoms with Gasteiger partial charge in [0.25, 0.3) is 0 Å². The Kier molecular flexibility index (Phi) is 4.65. The monoisotopic (exact) mass is 292 g/mol. The first-order chi connectivity index (χ1) is 9.52. The summed E-state index contributed by atoms with van der Waals surface area (Å²) < 4.78 is 5.24. The highest BCUT2D eigenvalue weighted by Gasteiger charge is 2.22. The lowest BCUT2D eigenvalue weighted by atomic mass is 10.1. The molecule has 0 radical (unpaired) electrons. The number of halogens is 1. The summed E-state index contributed by atoms with van der Waals surface area (Å²) in [7, 11) is 0. The van der Waals surface area contributed by atoms with E-state index in [9.17, 15) is 5.11 Å². The van der Waals surface area contributed by atoms with Crippen molar-refractivity contribution in [2.75, 3.05) is 6.61 Å². The molecule has 0 heterocycles. The maximum absolute atomic E-state index is 9.65. The third-order valence-corrected chi connectivity index (χ3v) is 3.27. The zero-order valence-corrected chi connectivity index (χ0v) is 12.0. The van der Waals surface area contributed by atoms with Crippen LogP contribution in [-0.4, -0.2) is 22.6 Å². The van der Waals surface area contributed by atoms with Crippen LogP contribution >= 0.6 is 11.6 Å². The van der Waals surface area contributed by atoms with E-state index in [1.165, 1.54) is 17.4 Å². The highest BCUT2D eigenvalue weighted by atomic mass is 35.5. The number of aliphatic hydroxyl groups is 2. The average molecular weight is 293 g/mol. The molecule has 0 saturated heterocycles. The van der Waals surface area contributed by atoms with Gasteiger partial charge in [0.05, 0.1) is 5.02 Å². The maximum Gasteiger partial charge on any atom is 0.207 e. The molecule has 0 spiro atoms. The van der Waals surface area contributed by atoms with Gasteiger partial charge in [0.2, 0.25) is 5.79 Å². The summed E-state index contributed by atoms with van der Waals surface area (Å²) in [4.78, 5) is 0. The van der Waals surface area contributed by atoms with Gasteiger partial charge < -0.3 is 14.9 Å². The van der Waals surface area contributed by atoms with Crippen LogP contribution in [0, 0.1) is 10.4 Å². The molecule has 0 aliphatic heterocycles. The number of ether oxygens (including phenoxy) is 1. The molecular weight excluding hydrogens is 276 g/mol. The second kappa shape index (κ2) is 6.27. The molecule has 2 aliphatic rings. The fourth-order valence-corrected chi connectivity index (χ4v) is 1.86. The molecule has 106 valence electrons. The van der Waals surface area contributed by atoms with Gasteiger partial charge in [0, 0.05) is 20.0 Å². The van der Waals surface area contributed by atoms with E-state index < -0.39 is 5.79 Å². The normalized spacial score (nSPS) is 13.8. The average Bonchev–Trinajstić information content (AvgIpc) is 2.37. The van der Waals surface area contributed by atoms with Crippen molar-refractivity contribution in [1.82, 2.24) is 0 Å². The quantitative estimate of drug-likeness (QED) is 0.727. The van der Waals surface area contributed by atoms with E-state index in [4.69, 9.17) is 21.4 Å². The number of para-hydroxylation sites is 1. The molecule has 0 amide bonds. The second-order valence-corrected chi connectivity index (χ2v) is 5.17. The number of rotatable bonds is 4. The third kappa shape index (κ3) is 3.73. The first-order valence-electron chi connectivity index (χ1n) is 6.39. The van der Waals surface area contributed by atoms with Gasteiger partial charge in [-0.2, -0.15) is 0 Å². The topological polar surface area (TPSA) is 49.7 Å². The lowest BCUT2D eigenvalue weighted by Gasteiger charge is -2.24. The van der Waals surface area contributed by atoms with Crippen molar-refractivity contribution in [2.24, 2.45) is 0 Å². The first-order valence-corrected chi connectivity index (χ1v) is 6.77. The standard InChI is InChI=1S/C10H13ClO3.C6H4/c1-10(13,6-7-12)14-9-5-3-2-4-8(9)11;1-2-6-4-3-5(1)6/h2-5,12-13H,6-7H2,1H3;1-4H. The highest BCUT2D eigenvalue weighted by molar-refractivity contribution is 6.32. The van der Waals surface area contributed by atoms with Gasteiger partial charge in [-0.1, -0.05) is 48.0 Å². The van der Waals surface area contributed by atoms with Crippen molar-refractivity contribution >= 4 is 11.6 Å². The van der Waals surface area contributed by atoms with Crippen LogP contribution in [0.25, 0.3) is 0 Å². The Bertz CT molecular complexity index is 617. The van der Waals surface area contributed by atoms with Crippen molar-refractivity contribution in [3.63, 3.8) is 0 Å². The molecular formula is C16H17ClO3. The Hall–Kier alpha value is -1.55. The van der Waals surface area contributed by atoms with Gasteiger partial charge in [0.15, 0.2) is 0 Å². The molecule has 2 N–H and O–H groups in total. The minimum absolute atomic E-state index is 0.137. The molecule has 1 aromatic rings. The molecule has 1 aromatic carbocycles. The van der Waals surface area contributed by atoms with Crippen LogP contribution in [-0.2, 0) is 0 Å². The molecule has 3 nitrogen and oxygen atoms in total. The van der Waals surface area contributed by atoms with E-state index in [1.54, 1.807) is 24.3 Å². The van der Waals surface area contributed by atoms with Gasteiger partial charge in [-0.15, -0.1) is 0 Å². The first kappa shape index (κ1) is 14.9. The van der Waals surface area contributed by atoms with E-state index in [0.717, 1.165) is 0 Å². The maximum atomic E-state index is 9.65. The Morgan fingerprint density at radius 3 is 2.00 bits per heavy atom. The predicted molar refractivity (Wildman–Crippen MR) is 78.5 cm³/mol. The zero-order chi connectivity index (χ0) is 14.6. The zero-order valence-electron chi connectivity index (χ0n) is 11.2. The van der Waals surface area contributed by atoms with Crippen molar-refractivity contribution < 1.29 is 14.9 Å². The van der Waals surface area contributed by atoms with Crippen LogP contribution in [0.1, 0.15) is 13.3 Å². The lowest BCUT2D eigenvalue weighted by Crippen LogP contribution is -2.33. The van der Waals surface area contributed by atoms with Crippen LogP contribution in [0.2, 0.25) is 5.02 Å². The fourth-order valence-electron chi connectivity index (χ4n) is 1.69. The largest absolute Gasteiger partial charge is 0.461 e. The molecule has 0 fully saturated rings. The Balaban J connectivity index is 0.000000198. The molecule has 0 saturated carbocycles. The number of hydrogen-bond acceptors (Lipinski definition) is 3. The van der Waals surface area contributed by atoms with Crippen LogP contribution in [0.15, 0.2) is 48.5 Å². The van der Waals surface area contributed by atoms with Crippen LogP contribution in [0.5, 0.6) is 5.75 Å². The number of aliphatic hydroxyl groups excluding tert-OH is 1. The SMILES string of the molecule is CC(O)(CCO)Oc1ccccc1Cl.c1cc2ccc1=2. The van der Waals surface area contributed by atoms with Gasteiger partial charge in [-0.05, 0) is 22.6 Å². The molecule has 2 aliphatic carbocycles. The van der Waals surface area contributed by atoms with Gasteiger partial charge in [-0.3, -0.25) is 0 Å². The minimum atomic E-state index is -1.39. The van der Waals surface area contributed by atoms with Crippen LogP contribution in [0.3, 0.4) is 0 Å². The molecule has 20 heavy (non-hydrogen) atoms. The lowest BCUT2D eigenvalue weighted by molar-refractivity contribution is -0.132. The summed E-state index contributed by atoms with van der Waals surface area (Å²) in [5.74, 6) is -0.979. The summed E-state index contributed by atoms with van der Waals surface area (Å²) in [6, 6.07) is 15.3. The smallest absolute Gasteiger partial charge is 0.207 e. The molecule has 1 unspecified atom stereocenters. The Morgan fingerprint density at radius 2 is 1.60 bits per heavy atom. The Labute approximate surface area is 122 Å². The van der Waals surface area contributed by atoms with Crippen LogP contribution < -0.4 is 4.74 Å². The van der Waals surface area contributed by atoms with Crippen molar-refractivity contribution in [2.45, 2.75) is 19.1 Å². The second-order valence-electron chi connectivity index (χ2n) is 4.76. The third-order valence-electron chi connectivity index (χ3n) is 2.96. The fraction of sp³-hybridized carbons (Fsp3) is 0.250. The van der Waals surface area contributed by atoms with Crippen LogP contribution in [0.4, 0.5) is 0 Å². The summed E-state index contributed by atoms with van der Waals surface area (Å²) in [6.07, 6.45) is 0.137. The molecule has 1 atom stereocenters. The molecule has 0 aromatic heterocycles. The van der Waals surface area contributed by atoms with Gasteiger partial charge in [-0.25, -0.2) is 0 Å². The summed E-state index contributed by atoms with van der Waals surface area (Å²) in [5.41, 5.74) is 0. The van der Waals surface area contributed by atoms with E-state index in [0.29, 0.717) is 10.8 Å². The predicted octanol–water partition coefficient (Wildman–Crippen LogP) is 3.10. The van der Waals surface area contributed by atoms with Gasteiger partial charge >= 0.3 is 0 Å². The summed E-state index contributed by atoms with van der Waals surface area (Å²) in [6.45, 7) is 1.34. The molecule has 0 bridgehead atoms. The van der Waals surface area contributed by atoms with E-state index in [2.05, 4.69) is 24.3 Å². The van der Waals surface area contributed by atoms with E-state index >= 15 is 0 Å². The van der Waals surface area contributed by atoms with E-state index in [1.807, 2.05) is 0 Å². The van der Waals surface area contributed by atoms with Crippen molar-refractivity contribution in [3.05, 3.63) is 64.0 Å². The minimum Gasteiger partial charge on any atom is -0.461 e. The number of hydrogen-bond donors (Lipinski definition) is 2. The summed E-state index contributed by atoms with van der Waals surface area (Å²) >= 11 is 5.83. The highest BCUT2D eigenvalue weighted by Crippen LogP contribution is 2.27. The Morgan fingerprint density at radius 1 is 1.05 bits per heavy atom. The molecule has 4 heteroatoms.